The third-order valence-corrected chi connectivity index (χ3v) is 5.59. The maximum absolute atomic E-state index is 12.9. The molecule has 0 aromatic heterocycles. The van der Waals surface area contributed by atoms with Crippen LogP contribution in [-0.2, 0) is 11.0 Å². The van der Waals surface area contributed by atoms with Gasteiger partial charge in [0.2, 0.25) is 5.91 Å². The molecule has 0 bridgehead atoms. The van der Waals surface area contributed by atoms with Gasteiger partial charge in [-0.3, -0.25) is 4.79 Å². The summed E-state index contributed by atoms with van der Waals surface area (Å²) in [5.41, 5.74) is 6.94. The Morgan fingerprint density at radius 3 is 2.45 bits per heavy atom. The summed E-state index contributed by atoms with van der Waals surface area (Å²) in [5.74, 6) is 0.0536. The number of hydrogen-bond donors (Lipinski definition) is 1. The van der Waals surface area contributed by atoms with E-state index in [1.807, 2.05) is 30.3 Å². The van der Waals surface area contributed by atoms with Gasteiger partial charge in [-0.15, -0.1) is 12.4 Å². The van der Waals surface area contributed by atoms with E-state index in [1.165, 1.54) is 11.6 Å². The molecular weight excluding hydrogens is 401 g/mol. The molecule has 2 N–H and O–H groups in total. The third-order valence-electron chi connectivity index (χ3n) is 5.59. The van der Waals surface area contributed by atoms with Crippen molar-refractivity contribution >= 4 is 18.3 Å². The zero-order chi connectivity index (χ0) is 20.3. The molecular formula is C22H26ClF3N2O. The largest absolute Gasteiger partial charge is 0.416 e. The molecule has 0 radical (unpaired) electrons. The predicted molar refractivity (Wildman–Crippen MR) is 110 cm³/mol. The number of rotatable bonds is 5. The molecule has 0 aliphatic carbocycles. The zero-order valence-corrected chi connectivity index (χ0v) is 17.0. The number of nitrogens with zero attached hydrogens (tertiary/aromatic N) is 1. The highest BCUT2D eigenvalue weighted by Gasteiger charge is 2.36. The van der Waals surface area contributed by atoms with Crippen LogP contribution >= 0.6 is 12.4 Å². The number of carbonyl (C=O) groups excluding carboxylic acids is 1. The minimum atomic E-state index is -4.38. The Kier molecular flexibility index (Phi) is 7.72. The Labute approximate surface area is 175 Å². The predicted octanol–water partition coefficient (Wildman–Crippen LogP) is 4.82. The second-order valence-electron chi connectivity index (χ2n) is 7.54. The van der Waals surface area contributed by atoms with Crippen LogP contribution in [-0.4, -0.2) is 30.4 Å². The Hall–Kier alpha value is -2.05. The topological polar surface area (TPSA) is 46.3 Å². The second kappa shape index (κ2) is 9.63. The van der Waals surface area contributed by atoms with Crippen molar-refractivity contribution in [3.8, 4) is 0 Å². The van der Waals surface area contributed by atoms with Gasteiger partial charge >= 0.3 is 6.18 Å². The Bertz CT molecular complexity index is 813. The number of alkyl halides is 3. The first-order valence-electron chi connectivity index (χ1n) is 9.49. The van der Waals surface area contributed by atoms with Crippen LogP contribution < -0.4 is 5.73 Å². The van der Waals surface area contributed by atoms with E-state index in [1.54, 1.807) is 17.9 Å². The highest BCUT2D eigenvalue weighted by Crippen LogP contribution is 2.34. The molecule has 1 aliphatic heterocycles. The number of benzene rings is 2. The standard InChI is InChI=1S/C22H25F3N2O.ClH/c1-15(17-8-5-9-19(11-17)22(23,24)25)10-21(28)27-13-18(12-26)20(14-27)16-6-3-2-4-7-16;/h2-9,11,15,18,20H,10,12-14,26H2,1H3;1H/t15?,18-,20+;/m1./s1. The average Bonchev–Trinajstić information content (AvgIpc) is 3.13. The van der Waals surface area contributed by atoms with Crippen molar-refractivity contribution in [1.29, 1.82) is 0 Å². The number of hydrogen-bond acceptors (Lipinski definition) is 2. The van der Waals surface area contributed by atoms with Crippen molar-refractivity contribution < 1.29 is 18.0 Å². The summed E-state index contributed by atoms with van der Waals surface area (Å²) < 4.78 is 38.8. The molecule has 29 heavy (non-hydrogen) atoms. The van der Waals surface area contributed by atoms with Crippen molar-refractivity contribution in [1.82, 2.24) is 4.90 Å². The van der Waals surface area contributed by atoms with Crippen LogP contribution in [0.3, 0.4) is 0 Å². The summed E-state index contributed by atoms with van der Waals surface area (Å²) in [5, 5.41) is 0. The van der Waals surface area contributed by atoms with E-state index in [4.69, 9.17) is 5.73 Å². The molecule has 0 spiro atoms. The molecule has 3 nitrogen and oxygen atoms in total. The molecule has 158 valence electrons. The fourth-order valence-electron chi connectivity index (χ4n) is 3.92. The molecule has 1 heterocycles. The van der Waals surface area contributed by atoms with Gasteiger partial charge in [0.05, 0.1) is 5.56 Å². The van der Waals surface area contributed by atoms with Crippen molar-refractivity contribution in [3.05, 3.63) is 71.3 Å². The molecule has 1 aliphatic rings. The summed E-state index contributed by atoms with van der Waals surface area (Å²) in [7, 11) is 0. The minimum absolute atomic E-state index is 0. The van der Waals surface area contributed by atoms with E-state index < -0.39 is 11.7 Å². The first-order valence-corrected chi connectivity index (χ1v) is 9.49. The lowest BCUT2D eigenvalue weighted by atomic mass is 9.89. The van der Waals surface area contributed by atoms with Crippen LogP contribution in [0.25, 0.3) is 0 Å². The molecule has 2 aromatic carbocycles. The van der Waals surface area contributed by atoms with Gasteiger partial charge in [0, 0.05) is 25.4 Å². The lowest BCUT2D eigenvalue weighted by molar-refractivity contribution is -0.137. The first-order chi connectivity index (χ1) is 13.3. The molecule has 1 amide bonds. The first kappa shape index (κ1) is 23.2. The molecule has 1 unspecified atom stereocenters. The zero-order valence-electron chi connectivity index (χ0n) is 16.2. The summed E-state index contributed by atoms with van der Waals surface area (Å²) >= 11 is 0. The lowest BCUT2D eigenvalue weighted by Crippen LogP contribution is -2.30. The molecule has 1 saturated heterocycles. The molecule has 0 saturated carbocycles. The van der Waals surface area contributed by atoms with Crippen LogP contribution in [0, 0.1) is 5.92 Å². The number of likely N-dealkylation sites (tertiary alicyclic amines) is 1. The van der Waals surface area contributed by atoms with Gasteiger partial charge in [0.1, 0.15) is 0 Å². The van der Waals surface area contributed by atoms with Crippen molar-refractivity contribution in [2.45, 2.75) is 31.4 Å². The fraction of sp³-hybridized carbons (Fsp3) is 0.409. The highest BCUT2D eigenvalue weighted by molar-refractivity contribution is 5.85. The summed E-state index contributed by atoms with van der Waals surface area (Å²) in [6.07, 6.45) is -4.20. The van der Waals surface area contributed by atoms with E-state index >= 15 is 0 Å². The normalized spacial score (nSPS) is 20.2. The maximum atomic E-state index is 12.9. The van der Waals surface area contributed by atoms with E-state index in [2.05, 4.69) is 0 Å². The van der Waals surface area contributed by atoms with Crippen molar-refractivity contribution in [2.24, 2.45) is 11.7 Å². The van der Waals surface area contributed by atoms with Gasteiger partial charge in [-0.1, -0.05) is 55.5 Å². The highest BCUT2D eigenvalue weighted by atomic mass is 35.5. The Balaban J connectivity index is 0.00000300. The quantitative estimate of drug-likeness (QED) is 0.744. The fourth-order valence-corrected chi connectivity index (χ4v) is 3.92. The number of nitrogens with two attached hydrogens (primary N) is 1. The number of halogens is 4. The van der Waals surface area contributed by atoms with E-state index in [0.29, 0.717) is 25.2 Å². The van der Waals surface area contributed by atoms with Gasteiger partial charge in [0.15, 0.2) is 0 Å². The van der Waals surface area contributed by atoms with Gasteiger partial charge < -0.3 is 10.6 Å². The average molecular weight is 427 g/mol. The van der Waals surface area contributed by atoms with Crippen LogP contribution in [0.2, 0.25) is 0 Å². The summed E-state index contributed by atoms with van der Waals surface area (Å²) in [4.78, 5) is 14.6. The van der Waals surface area contributed by atoms with Gasteiger partial charge in [0.25, 0.3) is 0 Å². The van der Waals surface area contributed by atoms with E-state index in [0.717, 1.165) is 12.1 Å². The molecule has 3 atom stereocenters. The second-order valence-corrected chi connectivity index (χ2v) is 7.54. The number of carbonyl (C=O) groups is 1. The van der Waals surface area contributed by atoms with Gasteiger partial charge in [-0.2, -0.15) is 13.2 Å². The monoisotopic (exact) mass is 426 g/mol. The minimum Gasteiger partial charge on any atom is -0.342 e. The van der Waals surface area contributed by atoms with E-state index in [-0.39, 0.29) is 42.5 Å². The summed E-state index contributed by atoms with van der Waals surface area (Å²) in [6, 6.07) is 15.2. The van der Waals surface area contributed by atoms with Crippen molar-refractivity contribution in [2.75, 3.05) is 19.6 Å². The molecule has 7 heteroatoms. The van der Waals surface area contributed by atoms with Crippen molar-refractivity contribution in [3.63, 3.8) is 0 Å². The SMILES string of the molecule is CC(CC(=O)N1C[C@@H](CN)[C@H](c2ccccc2)C1)c1cccc(C(F)(F)F)c1.Cl. The Morgan fingerprint density at radius 1 is 1.14 bits per heavy atom. The molecule has 1 fully saturated rings. The number of amides is 1. The van der Waals surface area contributed by atoms with Crippen LogP contribution in [0.1, 0.15) is 41.9 Å². The molecule has 2 aromatic rings. The lowest BCUT2D eigenvalue weighted by Gasteiger charge is -2.20. The smallest absolute Gasteiger partial charge is 0.342 e. The third kappa shape index (κ3) is 5.52. The Morgan fingerprint density at radius 2 is 1.83 bits per heavy atom. The summed E-state index contributed by atoms with van der Waals surface area (Å²) in [6.45, 7) is 3.47. The van der Waals surface area contributed by atoms with Gasteiger partial charge in [-0.05, 0) is 35.6 Å². The van der Waals surface area contributed by atoms with Crippen LogP contribution in [0.15, 0.2) is 54.6 Å². The van der Waals surface area contributed by atoms with Crippen LogP contribution in [0.5, 0.6) is 0 Å². The van der Waals surface area contributed by atoms with E-state index in [9.17, 15) is 18.0 Å². The maximum Gasteiger partial charge on any atom is 0.416 e. The molecule has 3 rings (SSSR count). The van der Waals surface area contributed by atoms with Crippen LogP contribution in [0.4, 0.5) is 13.2 Å². The van der Waals surface area contributed by atoms with Gasteiger partial charge in [-0.25, -0.2) is 0 Å².